The van der Waals surface area contributed by atoms with E-state index >= 15 is 0 Å². The summed E-state index contributed by atoms with van der Waals surface area (Å²) in [4.78, 5) is 8.31. The first-order valence-electron chi connectivity index (χ1n) is 10.4. The molecule has 35 heavy (non-hydrogen) atoms. The lowest BCUT2D eigenvalue weighted by Gasteiger charge is -2.13. The van der Waals surface area contributed by atoms with Crippen molar-refractivity contribution in [3.05, 3.63) is 96.5 Å². The first-order chi connectivity index (χ1) is 16.8. The number of fused-ring (bicyclic) bond motifs is 1. The molecule has 3 aromatic heterocycles. The molecule has 5 rings (SSSR count). The minimum atomic E-state index is -4.00. The van der Waals surface area contributed by atoms with E-state index in [2.05, 4.69) is 20.4 Å². The van der Waals surface area contributed by atoms with Crippen molar-refractivity contribution in [2.45, 2.75) is 11.4 Å². The summed E-state index contributed by atoms with van der Waals surface area (Å²) < 4.78 is 53.7. The highest BCUT2D eigenvalue weighted by molar-refractivity contribution is 7.89. The van der Waals surface area contributed by atoms with Gasteiger partial charge in [0.1, 0.15) is 22.0 Å². The summed E-state index contributed by atoms with van der Waals surface area (Å²) in [7, 11) is -4.00. The SMILES string of the molecule is NS(=O)(=O)c1cncc(-c2nc(NCc3c(F)cccc3F)c3c(-c4ccccc4)ccn3n2)c1. The number of nitrogens with one attached hydrogen (secondary N) is 1. The minimum absolute atomic E-state index is 0.141. The average molecular weight is 493 g/mol. The number of nitrogens with zero attached hydrogens (tertiary/aromatic N) is 4. The standard InChI is InChI=1S/C24H18F2N6O2S/c25-20-7-4-8-21(26)19(20)14-29-24-22-18(15-5-2-1-3-6-15)9-10-32(22)31-23(30-24)16-11-17(13-28-12-16)35(27,33)34/h1-13H,14H2,(H2,27,33,34)(H,29,30,31). The quantitative estimate of drug-likeness (QED) is 0.370. The largest absolute Gasteiger partial charge is 0.364 e. The highest BCUT2D eigenvalue weighted by atomic mass is 32.2. The molecule has 0 radical (unpaired) electrons. The second kappa shape index (κ2) is 8.85. The maximum Gasteiger partial charge on any atom is 0.239 e. The van der Waals surface area contributed by atoms with Crippen LogP contribution in [0, 0.1) is 11.6 Å². The molecule has 0 fully saturated rings. The predicted molar refractivity (Wildman–Crippen MR) is 127 cm³/mol. The van der Waals surface area contributed by atoms with Crippen LogP contribution in [0.5, 0.6) is 0 Å². The molecule has 0 bridgehead atoms. The molecule has 0 saturated heterocycles. The number of pyridine rings is 1. The van der Waals surface area contributed by atoms with Gasteiger partial charge in [-0.25, -0.2) is 31.8 Å². The summed E-state index contributed by atoms with van der Waals surface area (Å²) >= 11 is 0. The van der Waals surface area contributed by atoms with E-state index in [9.17, 15) is 17.2 Å². The maximum atomic E-state index is 14.3. The van der Waals surface area contributed by atoms with Crippen LogP contribution in [0.2, 0.25) is 0 Å². The van der Waals surface area contributed by atoms with Gasteiger partial charge >= 0.3 is 0 Å². The topological polar surface area (TPSA) is 115 Å². The molecule has 11 heteroatoms. The number of hydrogen-bond donors (Lipinski definition) is 2. The van der Waals surface area contributed by atoms with Crippen LogP contribution in [0.3, 0.4) is 0 Å². The second-order valence-corrected chi connectivity index (χ2v) is 9.24. The maximum absolute atomic E-state index is 14.3. The van der Waals surface area contributed by atoms with Gasteiger partial charge in [0.15, 0.2) is 11.6 Å². The van der Waals surface area contributed by atoms with Gasteiger partial charge in [0.25, 0.3) is 0 Å². The zero-order valence-corrected chi connectivity index (χ0v) is 18.9. The van der Waals surface area contributed by atoms with Gasteiger partial charge in [-0.3, -0.25) is 4.98 Å². The normalized spacial score (nSPS) is 11.6. The summed E-state index contributed by atoms with van der Waals surface area (Å²) in [5.41, 5.74) is 2.42. The number of benzene rings is 2. The monoisotopic (exact) mass is 492 g/mol. The molecule has 3 N–H and O–H groups in total. The number of aromatic nitrogens is 4. The van der Waals surface area contributed by atoms with Crippen molar-refractivity contribution in [2.75, 3.05) is 5.32 Å². The zero-order chi connectivity index (χ0) is 24.6. The first-order valence-corrected chi connectivity index (χ1v) is 12.0. The molecule has 3 heterocycles. The molecule has 0 aliphatic rings. The molecule has 5 aromatic rings. The number of sulfonamides is 1. The van der Waals surface area contributed by atoms with Gasteiger partial charge < -0.3 is 5.32 Å². The van der Waals surface area contributed by atoms with Crippen molar-refractivity contribution in [3.63, 3.8) is 0 Å². The summed E-state index contributed by atoms with van der Waals surface area (Å²) in [6.07, 6.45) is 4.24. The number of hydrogen-bond acceptors (Lipinski definition) is 6. The lowest BCUT2D eigenvalue weighted by Crippen LogP contribution is -2.13. The van der Waals surface area contributed by atoms with Crippen LogP contribution in [-0.4, -0.2) is 28.0 Å². The molecule has 0 spiro atoms. The van der Waals surface area contributed by atoms with Crippen molar-refractivity contribution in [3.8, 4) is 22.5 Å². The van der Waals surface area contributed by atoms with E-state index in [0.717, 1.165) is 17.3 Å². The number of primary sulfonamides is 1. The summed E-state index contributed by atoms with van der Waals surface area (Å²) in [5, 5.41) is 12.8. The Hall–Kier alpha value is -4.22. The van der Waals surface area contributed by atoms with Crippen LogP contribution in [0.25, 0.3) is 28.0 Å². The van der Waals surface area contributed by atoms with Gasteiger partial charge in [0, 0.05) is 41.8 Å². The lowest BCUT2D eigenvalue weighted by atomic mass is 10.1. The smallest absolute Gasteiger partial charge is 0.239 e. The molecule has 8 nitrogen and oxygen atoms in total. The Morgan fingerprint density at radius 2 is 1.69 bits per heavy atom. The van der Waals surface area contributed by atoms with Gasteiger partial charge in [-0.15, -0.1) is 5.10 Å². The number of halogens is 2. The Morgan fingerprint density at radius 1 is 0.943 bits per heavy atom. The molecule has 0 aliphatic heterocycles. The molecule has 176 valence electrons. The van der Waals surface area contributed by atoms with E-state index in [4.69, 9.17) is 5.14 Å². The minimum Gasteiger partial charge on any atom is -0.364 e. The van der Waals surface area contributed by atoms with E-state index in [-0.39, 0.29) is 22.8 Å². The van der Waals surface area contributed by atoms with E-state index < -0.39 is 21.7 Å². The Labute approximate surface area is 199 Å². The van der Waals surface area contributed by atoms with Crippen molar-refractivity contribution in [2.24, 2.45) is 5.14 Å². The number of rotatable bonds is 6. The van der Waals surface area contributed by atoms with Gasteiger partial charge in [-0.05, 0) is 29.8 Å². The van der Waals surface area contributed by atoms with Crippen molar-refractivity contribution < 1.29 is 17.2 Å². The van der Waals surface area contributed by atoms with Crippen LogP contribution in [0.15, 0.2) is 84.1 Å². The Kier molecular flexibility index (Phi) is 5.71. The Balaban J connectivity index is 1.66. The lowest BCUT2D eigenvalue weighted by molar-refractivity contribution is 0.560. The highest BCUT2D eigenvalue weighted by Gasteiger charge is 2.18. The molecular weight excluding hydrogens is 474 g/mol. The van der Waals surface area contributed by atoms with Gasteiger partial charge in [0.2, 0.25) is 10.0 Å². The van der Waals surface area contributed by atoms with Crippen molar-refractivity contribution in [1.82, 2.24) is 19.6 Å². The highest BCUT2D eigenvalue weighted by Crippen LogP contribution is 2.31. The van der Waals surface area contributed by atoms with Gasteiger partial charge in [-0.2, -0.15) is 0 Å². The number of nitrogens with two attached hydrogens (primary N) is 1. The van der Waals surface area contributed by atoms with Crippen LogP contribution in [0.4, 0.5) is 14.6 Å². The molecule has 0 unspecified atom stereocenters. The van der Waals surface area contributed by atoms with Crippen LogP contribution >= 0.6 is 0 Å². The third-order valence-electron chi connectivity index (χ3n) is 5.39. The van der Waals surface area contributed by atoms with E-state index in [1.807, 2.05) is 36.4 Å². The third-order valence-corrected chi connectivity index (χ3v) is 6.27. The Morgan fingerprint density at radius 3 is 2.40 bits per heavy atom. The molecule has 0 atom stereocenters. The molecule has 2 aromatic carbocycles. The molecular formula is C24H18F2N6O2S. The predicted octanol–water partition coefficient (Wildman–Crippen LogP) is 4.00. The Bertz CT molecular complexity index is 1640. The third kappa shape index (κ3) is 4.46. The zero-order valence-electron chi connectivity index (χ0n) is 18.1. The van der Waals surface area contributed by atoms with Gasteiger partial charge in [-0.1, -0.05) is 36.4 Å². The molecule has 0 saturated carbocycles. The van der Waals surface area contributed by atoms with Crippen LogP contribution in [0.1, 0.15) is 5.56 Å². The van der Waals surface area contributed by atoms with E-state index in [0.29, 0.717) is 16.9 Å². The summed E-state index contributed by atoms with van der Waals surface area (Å²) in [6.45, 7) is -0.181. The van der Waals surface area contributed by atoms with Crippen LogP contribution in [-0.2, 0) is 16.6 Å². The second-order valence-electron chi connectivity index (χ2n) is 7.68. The fourth-order valence-electron chi connectivity index (χ4n) is 3.69. The van der Waals surface area contributed by atoms with E-state index in [1.165, 1.54) is 30.5 Å². The molecule has 0 amide bonds. The summed E-state index contributed by atoms with van der Waals surface area (Å²) in [5.74, 6) is -0.942. The number of anilines is 1. The average Bonchev–Trinajstić information content (AvgIpc) is 3.28. The first kappa shape index (κ1) is 22.6. The van der Waals surface area contributed by atoms with Crippen molar-refractivity contribution in [1.29, 1.82) is 0 Å². The molecule has 0 aliphatic carbocycles. The summed E-state index contributed by atoms with van der Waals surface area (Å²) in [6, 6.07) is 16.3. The fourth-order valence-corrected chi connectivity index (χ4v) is 4.19. The fraction of sp³-hybridized carbons (Fsp3) is 0.0417. The van der Waals surface area contributed by atoms with Gasteiger partial charge in [0.05, 0.1) is 0 Å². The van der Waals surface area contributed by atoms with E-state index in [1.54, 1.807) is 10.7 Å². The van der Waals surface area contributed by atoms with Crippen LogP contribution < -0.4 is 10.5 Å². The van der Waals surface area contributed by atoms with Crippen molar-refractivity contribution >= 4 is 21.4 Å².